The minimum atomic E-state index is 0.709. The summed E-state index contributed by atoms with van der Waals surface area (Å²) in [5, 5.41) is 10.4. The number of aryl methyl sites for hydroxylation is 1. The Morgan fingerprint density at radius 2 is 0.738 bits per heavy atom. The molecule has 9 heteroatoms. The molecule has 3 aromatic heterocycles. The lowest BCUT2D eigenvalue weighted by atomic mass is 10.1. The van der Waals surface area contributed by atoms with Crippen LogP contribution in [0.2, 0.25) is 10.0 Å². The van der Waals surface area contributed by atoms with Gasteiger partial charge in [-0.15, -0.1) is 0 Å². The summed E-state index contributed by atoms with van der Waals surface area (Å²) in [4.78, 5) is 0. The van der Waals surface area contributed by atoms with E-state index in [1.165, 1.54) is 132 Å². The Balaban J connectivity index is 0.000000165. The number of imidazole rings is 3. The first-order valence-corrected chi connectivity index (χ1v) is 30.6. The van der Waals surface area contributed by atoms with Crippen molar-refractivity contribution >= 4 is 23.2 Å². The van der Waals surface area contributed by atoms with Gasteiger partial charge in [-0.3, -0.25) is 0 Å². The molecule has 0 bridgehead atoms. The Kier molecular flexibility index (Phi) is 24.0. The topological polar surface area (TPSA) is 50.2 Å². The molecule has 0 unspecified atom stereocenters. The van der Waals surface area contributed by atoms with E-state index < -0.39 is 0 Å². The van der Waals surface area contributed by atoms with Gasteiger partial charge in [0.15, 0.2) is 17.1 Å². The Morgan fingerprint density at radius 1 is 0.400 bits per heavy atom. The van der Waals surface area contributed by atoms with Crippen molar-refractivity contribution in [1.29, 1.82) is 5.26 Å². The molecular formula is C71H86Cl2N7+3. The van der Waals surface area contributed by atoms with E-state index in [9.17, 15) is 0 Å². The highest BCUT2D eigenvalue weighted by Crippen LogP contribution is 2.29. The van der Waals surface area contributed by atoms with E-state index in [2.05, 4.69) is 186 Å². The second-order valence-corrected chi connectivity index (χ2v) is 21.0. The van der Waals surface area contributed by atoms with Gasteiger partial charge in [0.2, 0.25) is 0 Å². The van der Waals surface area contributed by atoms with Crippen LogP contribution in [0.1, 0.15) is 145 Å². The van der Waals surface area contributed by atoms with Crippen LogP contribution in [0.25, 0.3) is 33.8 Å². The fourth-order valence-corrected chi connectivity index (χ4v) is 11.6. The maximum atomic E-state index is 8.98. The molecule has 12 rings (SSSR count). The van der Waals surface area contributed by atoms with Crippen LogP contribution >= 0.6 is 23.2 Å². The van der Waals surface area contributed by atoms with Gasteiger partial charge in [-0.05, 0) is 100 Å². The fourth-order valence-electron chi connectivity index (χ4n) is 11.1. The SMILES string of the molecule is CC.CC.CC.Cc1ccc(C[n+]2cc(-c3ccccc3)n3c2CCCCC3)cc1.Clc1cccc(Cl)c1C[n+]1cc(-c2ccccc2)n2c1CCCCC2.N#Cc1ccc(C[n+]2cc(-c3ccccc3)n3c2CCCCC3)cc1. The zero-order valence-corrected chi connectivity index (χ0v) is 50.4. The molecule has 0 spiro atoms. The molecule has 0 saturated heterocycles. The maximum absolute atomic E-state index is 8.98. The second kappa shape index (κ2) is 31.7. The molecule has 3 aliphatic heterocycles. The summed E-state index contributed by atoms with van der Waals surface area (Å²) in [5.41, 5.74) is 13.5. The lowest BCUT2D eigenvalue weighted by Gasteiger charge is -2.06. The van der Waals surface area contributed by atoms with Crippen molar-refractivity contribution in [2.24, 2.45) is 0 Å². The highest BCUT2D eigenvalue weighted by atomic mass is 35.5. The van der Waals surface area contributed by atoms with Gasteiger partial charge >= 0.3 is 0 Å². The molecule has 6 aromatic carbocycles. The van der Waals surface area contributed by atoms with Gasteiger partial charge in [-0.2, -0.15) is 5.26 Å². The summed E-state index contributed by atoms with van der Waals surface area (Å²) in [6.45, 7) is 20.0. The lowest BCUT2D eigenvalue weighted by Crippen LogP contribution is -2.37. The summed E-state index contributed by atoms with van der Waals surface area (Å²) in [6, 6.07) is 56.9. The Bertz CT molecular complexity index is 3290. The van der Waals surface area contributed by atoms with E-state index in [0.717, 1.165) is 66.7 Å². The summed E-state index contributed by atoms with van der Waals surface area (Å²) in [5.74, 6) is 4.26. The number of fused-ring (bicyclic) bond motifs is 3. The third kappa shape index (κ3) is 15.7. The number of nitriles is 1. The van der Waals surface area contributed by atoms with Crippen LogP contribution in [-0.2, 0) is 58.5 Å². The highest BCUT2D eigenvalue weighted by molar-refractivity contribution is 6.35. The number of benzene rings is 6. The summed E-state index contributed by atoms with van der Waals surface area (Å²) in [6.07, 6.45) is 21.8. The molecule has 0 atom stereocenters. The standard InChI is InChI=1S/C22H22N3.C22H25N2.C21H21Cl2N2.3C2H6/c23-15-18-10-12-19(13-11-18)16-24-17-21(20-7-3-1-4-8-20)25-14-6-2-5-9-22(24)25;1-18-11-13-19(14-12-18)16-23-17-21(20-8-4-2-5-9-20)24-15-7-3-6-10-22(23)24;22-18-10-7-11-19(23)17(18)14-24-15-20(16-8-3-1-4-9-16)25-13-6-2-5-12-21(24)25;3*1-2/h1,3-4,7-8,10-13,17H,2,5-6,9,14,16H2;2,4-5,8-9,11-14,17H,3,6-7,10,15-16H2,1H3;1,3-4,7-11,15H,2,5-6,12-14H2;3*1-2H3/q3*+1;;;. The van der Waals surface area contributed by atoms with Gasteiger partial charge in [0, 0.05) is 51.6 Å². The molecule has 7 nitrogen and oxygen atoms in total. The first kappa shape index (κ1) is 60.7. The number of nitrogens with zero attached hydrogens (tertiary/aromatic N) is 7. The third-order valence-corrected chi connectivity index (χ3v) is 15.7. The maximum Gasteiger partial charge on any atom is 0.257 e. The van der Waals surface area contributed by atoms with Crippen LogP contribution in [-0.4, -0.2) is 13.7 Å². The molecule has 0 aliphatic carbocycles. The first-order valence-electron chi connectivity index (χ1n) is 29.9. The largest absolute Gasteiger partial charge is 0.257 e. The zero-order valence-electron chi connectivity index (χ0n) is 48.9. The van der Waals surface area contributed by atoms with Crippen LogP contribution in [0.5, 0.6) is 0 Å². The minimum Gasteiger partial charge on any atom is -0.229 e. The minimum absolute atomic E-state index is 0.709. The van der Waals surface area contributed by atoms with Gasteiger partial charge in [0.1, 0.15) is 38.2 Å². The van der Waals surface area contributed by atoms with Crippen molar-refractivity contribution in [2.45, 2.75) is 165 Å². The van der Waals surface area contributed by atoms with Crippen LogP contribution in [0.15, 0.2) is 176 Å². The number of aromatic nitrogens is 6. The molecular weight excluding hydrogens is 1020 g/mol. The Morgan fingerprint density at radius 3 is 1.09 bits per heavy atom. The van der Waals surface area contributed by atoms with E-state index in [4.69, 9.17) is 28.5 Å². The van der Waals surface area contributed by atoms with Gasteiger partial charge in [0.05, 0.1) is 31.3 Å². The Hall–Kier alpha value is -6.98. The third-order valence-electron chi connectivity index (χ3n) is 15.0. The van der Waals surface area contributed by atoms with E-state index in [0.29, 0.717) is 6.54 Å². The zero-order chi connectivity index (χ0) is 56.6. The number of hydrogen-bond donors (Lipinski definition) is 0. The molecule has 0 saturated carbocycles. The average Bonchev–Trinajstić information content (AvgIpc) is 3.84. The summed E-state index contributed by atoms with van der Waals surface area (Å²) in [7, 11) is 0. The summed E-state index contributed by atoms with van der Waals surface area (Å²) < 4.78 is 14.7. The van der Waals surface area contributed by atoms with Crippen LogP contribution < -0.4 is 13.7 Å². The van der Waals surface area contributed by atoms with E-state index >= 15 is 0 Å². The van der Waals surface area contributed by atoms with Crippen molar-refractivity contribution in [3.8, 4) is 39.8 Å². The molecule has 0 N–H and O–H groups in total. The Labute approximate surface area is 489 Å². The molecule has 9 aromatic rings. The molecule has 0 fully saturated rings. The number of hydrogen-bond acceptors (Lipinski definition) is 1. The smallest absolute Gasteiger partial charge is 0.229 e. The predicted molar refractivity (Wildman–Crippen MR) is 333 cm³/mol. The predicted octanol–water partition coefficient (Wildman–Crippen LogP) is 17.2. The quantitative estimate of drug-likeness (QED) is 0.133. The first-order chi connectivity index (χ1) is 39.4. The van der Waals surface area contributed by atoms with Crippen LogP contribution in [0, 0.1) is 18.3 Å². The number of halogens is 2. The van der Waals surface area contributed by atoms with Gasteiger partial charge in [-0.25, -0.2) is 27.4 Å². The normalized spacial score (nSPS) is 13.2. The van der Waals surface area contributed by atoms with Crippen molar-refractivity contribution < 1.29 is 13.7 Å². The van der Waals surface area contributed by atoms with E-state index in [-0.39, 0.29) is 0 Å². The van der Waals surface area contributed by atoms with Gasteiger partial charge in [0.25, 0.3) is 17.5 Å². The summed E-state index contributed by atoms with van der Waals surface area (Å²) >= 11 is 12.8. The molecule has 416 valence electrons. The highest BCUT2D eigenvalue weighted by Gasteiger charge is 2.29. The van der Waals surface area contributed by atoms with Gasteiger partial charge < -0.3 is 0 Å². The molecule has 0 amide bonds. The molecule has 3 aliphatic rings. The van der Waals surface area contributed by atoms with Crippen LogP contribution in [0.4, 0.5) is 0 Å². The second-order valence-electron chi connectivity index (χ2n) is 20.2. The van der Waals surface area contributed by atoms with Crippen molar-refractivity contribution in [3.05, 3.63) is 232 Å². The monoisotopic (exact) mass is 1110 g/mol. The lowest BCUT2D eigenvalue weighted by molar-refractivity contribution is -0.695. The van der Waals surface area contributed by atoms with Crippen molar-refractivity contribution in [3.63, 3.8) is 0 Å². The molecule has 0 radical (unpaired) electrons. The average molecular weight is 1110 g/mol. The number of rotatable bonds is 9. The van der Waals surface area contributed by atoms with Gasteiger partial charge in [-0.1, -0.05) is 204 Å². The van der Waals surface area contributed by atoms with Crippen molar-refractivity contribution in [2.75, 3.05) is 0 Å². The molecule has 80 heavy (non-hydrogen) atoms. The van der Waals surface area contributed by atoms with Crippen LogP contribution in [0.3, 0.4) is 0 Å². The molecule has 6 heterocycles. The van der Waals surface area contributed by atoms with E-state index in [1.54, 1.807) is 0 Å². The van der Waals surface area contributed by atoms with E-state index in [1.807, 2.05) is 71.9 Å². The fraction of sp³-hybridized carbons (Fsp3) is 0.352. The van der Waals surface area contributed by atoms with Crippen molar-refractivity contribution in [1.82, 2.24) is 13.7 Å².